The fourth-order valence-electron chi connectivity index (χ4n) is 3.61. The molecule has 0 spiro atoms. The molecule has 0 saturated heterocycles. The average molecular weight is 337 g/mol. The molecule has 1 amide bonds. The van der Waals surface area contributed by atoms with Crippen LogP contribution < -0.4 is 10.1 Å². The largest absolute Gasteiger partial charge is 0.496 e. The normalized spacial score (nSPS) is 14.9. The summed E-state index contributed by atoms with van der Waals surface area (Å²) in [6, 6.07) is 12.6. The van der Waals surface area contributed by atoms with Gasteiger partial charge in [0.1, 0.15) is 5.75 Å². The third kappa shape index (κ3) is 3.71. The van der Waals surface area contributed by atoms with Crippen LogP contribution >= 0.6 is 0 Å². The quantitative estimate of drug-likeness (QED) is 0.865. The van der Waals surface area contributed by atoms with Gasteiger partial charge in [0.25, 0.3) is 0 Å². The second-order valence-corrected chi connectivity index (χ2v) is 7.28. The van der Waals surface area contributed by atoms with Gasteiger partial charge in [0, 0.05) is 6.54 Å². The number of benzene rings is 2. The van der Waals surface area contributed by atoms with Gasteiger partial charge in [-0.05, 0) is 57.2 Å². The maximum absolute atomic E-state index is 12.8. The topological polar surface area (TPSA) is 38.3 Å². The molecule has 25 heavy (non-hydrogen) atoms. The number of hydrogen-bond donors (Lipinski definition) is 1. The van der Waals surface area contributed by atoms with Crippen molar-refractivity contribution in [3.63, 3.8) is 0 Å². The maximum Gasteiger partial charge on any atom is 0.230 e. The fraction of sp³-hybridized carbons (Fsp3) is 0.409. The molecule has 1 aliphatic carbocycles. The first-order valence-electron chi connectivity index (χ1n) is 8.95. The summed E-state index contributed by atoms with van der Waals surface area (Å²) in [6.45, 7) is 6.88. The van der Waals surface area contributed by atoms with Crippen LogP contribution in [-0.2, 0) is 16.6 Å². The molecule has 2 aromatic carbocycles. The van der Waals surface area contributed by atoms with Crippen molar-refractivity contribution in [3.05, 3.63) is 64.2 Å². The zero-order chi connectivity index (χ0) is 18.0. The van der Waals surface area contributed by atoms with Gasteiger partial charge < -0.3 is 10.1 Å². The highest BCUT2D eigenvalue weighted by molar-refractivity contribution is 5.91. The van der Waals surface area contributed by atoms with Crippen molar-refractivity contribution in [1.82, 2.24) is 5.32 Å². The molecular formula is C22H27NO2. The molecule has 0 atom stereocenters. The summed E-state index contributed by atoms with van der Waals surface area (Å²) in [7, 11) is 1.69. The molecule has 2 aromatic rings. The molecule has 3 rings (SSSR count). The van der Waals surface area contributed by atoms with Crippen molar-refractivity contribution in [2.75, 3.05) is 13.7 Å². The molecule has 1 saturated carbocycles. The fourth-order valence-corrected chi connectivity index (χ4v) is 3.61. The van der Waals surface area contributed by atoms with E-state index in [4.69, 9.17) is 4.74 Å². The van der Waals surface area contributed by atoms with Crippen molar-refractivity contribution >= 4 is 5.91 Å². The zero-order valence-electron chi connectivity index (χ0n) is 15.6. The van der Waals surface area contributed by atoms with Gasteiger partial charge in [0.2, 0.25) is 5.91 Å². The van der Waals surface area contributed by atoms with Gasteiger partial charge in [0.05, 0.1) is 12.5 Å². The summed E-state index contributed by atoms with van der Waals surface area (Å²) in [5.74, 6) is 1.04. The Kier molecular flexibility index (Phi) is 4.85. The minimum atomic E-state index is -0.312. The lowest BCUT2D eigenvalue weighted by atomic mass is 9.92. The Bertz CT molecular complexity index is 770. The third-order valence-electron chi connectivity index (χ3n) is 5.07. The van der Waals surface area contributed by atoms with E-state index in [1.54, 1.807) is 7.11 Å². The highest BCUT2D eigenvalue weighted by Gasteiger charge is 2.51. The van der Waals surface area contributed by atoms with Crippen LogP contribution in [0.4, 0.5) is 0 Å². The molecule has 1 fully saturated rings. The number of aryl methyl sites for hydroxylation is 3. The van der Waals surface area contributed by atoms with Crippen LogP contribution in [0.25, 0.3) is 0 Å². The molecule has 1 aliphatic rings. The van der Waals surface area contributed by atoms with Crippen LogP contribution in [0.1, 0.15) is 40.7 Å². The Morgan fingerprint density at radius 3 is 2.32 bits per heavy atom. The van der Waals surface area contributed by atoms with Gasteiger partial charge in [-0.1, -0.05) is 47.0 Å². The Balaban J connectivity index is 1.66. The van der Waals surface area contributed by atoms with Crippen molar-refractivity contribution in [1.29, 1.82) is 0 Å². The number of carbonyl (C=O) groups excluding carboxylic acids is 1. The molecule has 3 heteroatoms. The smallest absolute Gasteiger partial charge is 0.230 e. The summed E-state index contributed by atoms with van der Waals surface area (Å²) < 4.78 is 5.42. The Labute approximate surface area is 150 Å². The van der Waals surface area contributed by atoms with Gasteiger partial charge in [-0.3, -0.25) is 4.79 Å². The average Bonchev–Trinajstić information content (AvgIpc) is 3.36. The molecule has 1 N–H and O–H groups in total. The minimum Gasteiger partial charge on any atom is -0.496 e. The van der Waals surface area contributed by atoms with Gasteiger partial charge in [0.15, 0.2) is 0 Å². The van der Waals surface area contributed by atoms with Gasteiger partial charge in [-0.15, -0.1) is 0 Å². The second-order valence-electron chi connectivity index (χ2n) is 7.28. The van der Waals surface area contributed by atoms with E-state index in [1.807, 2.05) is 12.1 Å². The number of rotatable bonds is 6. The molecular weight excluding hydrogens is 310 g/mol. The number of nitrogens with one attached hydrogen (secondary N) is 1. The van der Waals surface area contributed by atoms with Crippen molar-refractivity contribution in [2.24, 2.45) is 0 Å². The van der Waals surface area contributed by atoms with Crippen LogP contribution in [0.2, 0.25) is 0 Å². The standard InChI is InChI=1S/C22H27NO2/c1-15-5-6-20(25-4)18(12-15)7-10-23-21(24)22(8-9-22)19-13-16(2)11-17(3)14-19/h5-6,11-14H,7-10H2,1-4H3,(H,23,24). The number of hydrogen-bond acceptors (Lipinski definition) is 2. The molecule has 0 heterocycles. The first kappa shape index (κ1) is 17.5. The van der Waals surface area contributed by atoms with E-state index in [9.17, 15) is 4.79 Å². The van der Waals surface area contributed by atoms with Crippen LogP contribution in [0, 0.1) is 20.8 Å². The highest BCUT2D eigenvalue weighted by atomic mass is 16.5. The highest BCUT2D eigenvalue weighted by Crippen LogP contribution is 2.48. The van der Waals surface area contributed by atoms with E-state index in [2.05, 4.69) is 50.4 Å². The molecule has 3 nitrogen and oxygen atoms in total. The summed E-state index contributed by atoms with van der Waals surface area (Å²) in [6.07, 6.45) is 2.66. The van der Waals surface area contributed by atoms with E-state index in [1.165, 1.54) is 16.7 Å². The van der Waals surface area contributed by atoms with Crippen LogP contribution in [0.5, 0.6) is 5.75 Å². The molecule has 0 radical (unpaired) electrons. The Morgan fingerprint density at radius 1 is 1.04 bits per heavy atom. The number of amides is 1. The SMILES string of the molecule is COc1ccc(C)cc1CCNC(=O)C1(c2cc(C)cc(C)c2)CC1. The molecule has 0 bridgehead atoms. The van der Waals surface area contributed by atoms with Crippen LogP contribution in [0.3, 0.4) is 0 Å². The van der Waals surface area contributed by atoms with Gasteiger partial charge >= 0.3 is 0 Å². The summed E-state index contributed by atoms with van der Waals surface area (Å²) in [5, 5.41) is 3.15. The molecule has 0 aliphatic heterocycles. The van der Waals surface area contributed by atoms with E-state index in [-0.39, 0.29) is 11.3 Å². The first-order chi connectivity index (χ1) is 11.9. The second kappa shape index (κ2) is 6.91. The van der Waals surface area contributed by atoms with Crippen LogP contribution in [-0.4, -0.2) is 19.6 Å². The lowest BCUT2D eigenvalue weighted by Crippen LogP contribution is -2.36. The Morgan fingerprint density at radius 2 is 1.72 bits per heavy atom. The molecule has 0 aromatic heterocycles. The maximum atomic E-state index is 12.8. The van der Waals surface area contributed by atoms with Crippen molar-refractivity contribution < 1.29 is 9.53 Å². The van der Waals surface area contributed by atoms with E-state index < -0.39 is 0 Å². The Hall–Kier alpha value is -2.29. The zero-order valence-corrected chi connectivity index (χ0v) is 15.6. The minimum absolute atomic E-state index is 0.157. The molecule has 0 unspecified atom stereocenters. The summed E-state index contributed by atoms with van der Waals surface area (Å²) in [5.41, 5.74) is 5.64. The predicted molar refractivity (Wildman–Crippen MR) is 101 cm³/mol. The monoisotopic (exact) mass is 337 g/mol. The van der Waals surface area contributed by atoms with Gasteiger partial charge in [-0.2, -0.15) is 0 Å². The van der Waals surface area contributed by atoms with Crippen LogP contribution in [0.15, 0.2) is 36.4 Å². The van der Waals surface area contributed by atoms with Gasteiger partial charge in [-0.25, -0.2) is 0 Å². The summed E-state index contributed by atoms with van der Waals surface area (Å²) >= 11 is 0. The van der Waals surface area contributed by atoms with E-state index in [0.29, 0.717) is 6.54 Å². The van der Waals surface area contributed by atoms with E-state index in [0.717, 1.165) is 36.1 Å². The third-order valence-corrected chi connectivity index (χ3v) is 5.07. The summed E-state index contributed by atoms with van der Waals surface area (Å²) in [4.78, 5) is 12.8. The number of methoxy groups -OCH3 is 1. The number of carbonyl (C=O) groups is 1. The lowest BCUT2D eigenvalue weighted by molar-refractivity contribution is -0.123. The van der Waals surface area contributed by atoms with Crippen molar-refractivity contribution in [3.8, 4) is 5.75 Å². The number of ether oxygens (including phenoxy) is 1. The van der Waals surface area contributed by atoms with Crippen molar-refractivity contribution in [2.45, 2.75) is 45.4 Å². The predicted octanol–water partition coefficient (Wildman–Crippen LogP) is 4.01. The van der Waals surface area contributed by atoms with E-state index >= 15 is 0 Å². The lowest BCUT2D eigenvalue weighted by Gasteiger charge is -2.17. The first-order valence-corrected chi connectivity index (χ1v) is 8.95. The molecule has 132 valence electrons.